The van der Waals surface area contributed by atoms with Crippen molar-refractivity contribution in [1.29, 1.82) is 0 Å². The number of halogens is 3. The van der Waals surface area contributed by atoms with Gasteiger partial charge in [0.15, 0.2) is 0 Å². The molecule has 0 saturated heterocycles. The summed E-state index contributed by atoms with van der Waals surface area (Å²) < 4.78 is 42.2. The monoisotopic (exact) mass is 491 g/mol. The number of carbonyl (C=O) groups is 1. The average Bonchev–Trinajstić information content (AvgIpc) is 3.48. The summed E-state index contributed by atoms with van der Waals surface area (Å²) in [6, 6.07) is 18.4. The fraction of sp³-hybridized carbons (Fsp3) is 0.143. The van der Waals surface area contributed by atoms with Gasteiger partial charge < -0.3 is 10.1 Å². The first-order valence-electron chi connectivity index (χ1n) is 9.54. The normalized spacial score (nSPS) is 12.3. The van der Waals surface area contributed by atoms with Crippen molar-refractivity contribution < 1.29 is 22.7 Å². The highest BCUT2D eigenvalue weighted by Gasteiger charge is 2.31. The van der Waals surface area contributed by atoms with E-state index in [0.717, 1.165) is 34.3 Å². The number of thioether (sulfide) groups is 1. The molecule has 0 aliphatic heterocycles. The van der Waals surface area contributed by atoms with Crippen LogP contribution in [0, 0.1) is 0 Å². The lowest BCUT2D eigenvalue weighted by Gasteiger charge is -2.18. The van der Waals surface area contributed by atoms with Crippen LogP contribution >= 0.6 is 23.1 Å². The molecule has 7 nitrogen and oxygen atoms in total. The summed E-state index contributed by atoms with van der Waals surface area (Å²) in [5.74, 6) is -0.524. The van der Waals surface area contributed by atoms with Crippen molar-refractivity contribution in [2.24, 2.45) is 0 Å². The van der Waals surface area contributed by atoms with E-state index in [1.807, 2.05) is 47.8 Å². The Labute approximate surface area is 194 Å². The summed E-state index contributed by atoms with van der Waals surface area (Å²) >= 11 is 2.66. The van der Waals surface area contributed by atoms with Crippen LogP contribution in [0.25, 0.3) is 5.69 Å². The van der Waals surface area contributed by atoms with E-state index in [1.54, 1.807) is 11.3 Å². The predicted octanol–water partition coefficient (Wildman–Crippen LogP) is 4.62. The van der Waals surface area contributed by atoms with Gasteiger partial charge in [0.2, 0.25) is 11.1 Å². The van der Waals surface area contributed by atoms with E-state index in [4.69, 9.17) is 0 Å². The first-order chi connectivity index (χ1) is 15.9. The molecule has 170 valence electrons. The summed E-state index contributed by atoms with van der Waals surface area (Å²) in [6.07, 6.45) is -4.77. The van der Waals surface area contributed by atoms with Crippen molar-refractivity contribution in [3.8, 4) is 11.4 Å². The summed E-state index contributed by atoms with van der Waals surface area (Å²) in [4.78, 5) is 13.7. The molecule has 1 unspecified atom stereocenters. The molecule has 2 heterocycles. The summed E-state index contributed by atoms with van der Waals surface area (Å²) in [6.45, 7) is 0. The number of aromatic nitrogens is 4. The van der Waals surface area contributed by atoms with Gasteiger partial charge in [0, 0.05) is 4.88 Å². The number of amides is 1. The zero-order valence-electron chi connectivity index (χ0n) is 16.8. The number of rotatable bonds is 8. The Balaban J connectivity index is 1.42. The smallest absolute Gasteiger partial charge is 0.406 e. The number of ether oxygens (including phenoxy) is 1. The number of hydrogen-bond donors (Lipinski definition) is 1. The molecule has 0 radical (unpaired) electrons. The molecule has 1 N–H and O–H groups in total. The van der Waals surface area contributed by atoms with Crippen LogP contribution in [0.3, 0.4) is 0 Å². The van der Waals surface area contributed by atoms with Crippen molar-refractivity contribution in [3.05, 3.63) is 82.6 Å². The van der Waals surface area contributed by atoms with E-state index in [1.165, 1.54) is 16.8 Å². The van der Waals surface area contributed by atoms with Gasteiger partial charge in [0.05, 0.1) is 17.5 Å². The lowest BCUT2D eigenvalue weighted by atomic mass is 10.1. The number of nitrogens with zero attached hydrogens (tertiary/aromatic N) is 4. The van der Waals surface area contributed by atoms with E-state index >= 15 is 0 Å². The molecule has 0 bridgehead atoms. The molecule has 0 aliphatic carbocycles. The van der Waals surface area contributed by atoms with E-state index in [0.29, 0.717) is 10.8 Å². The fourth-order valence-electron chi connectivity index (χ4n) is 2.97. The molecule has 12 heteroatoms. The second-order valence-corrected chi connectivity index (χ2v) is 8.55. The van der Waals surface area contributed by atoms with Crippen molar-refractivity contribution in [1.82, 2.24) is 25.5 Å². The maximum atomic E-state index is 12.7. The minimum Gasteiger partial charge on any atom is -0.406 e. The number of thiophene rings is 1. The van der Waals surface area contributed by atoms with Crippen LogP contribution in [-0.2, 0) is 4.79 Å². The molecule has 0 aliphatic rings. The number of alkyl halides is 3. The standard InChI is InChI=1S/C21H16F3N5O2S2/c22-21(23,24)31-16-10-8-15(9-11-16)29-20(26-27-28-29)33-13-18(30)25-19(17-7-4-12-32-17)14-5-2-1-3-6-14/h1-12,19H,13H2,(H,25,30). The highest BCUT2D eigenvalue weighted by molar-refractivity contribution is 7.99. The third-order valence-corrected chi connectivity index (χ3v) is 6.21. The van der Waals surface area contributed by atoms with Crippen LogP contribution < -0.4 is 10.1 Å². The fourth-order valence-corrected chi connectivity index (χ4v) is 4.48. The predicted molar refractivity (Wildman–Crippen MR) is 117 cm³/mol. The molecular formula is C21H16F3N5O2S2. The number of carbonyl (C=O) groups excluding carboxylic acids is 1. The van der Waals surface area contributed by atoms with Gasteiger partial charge in [-0.3, -0.25) is 4.79 Å². The topological polar surface area (TPSA) is 81.9 Å². The molecule has 0 spiro atoms. The maximum absolute atomic E-state index is 12.7. The number of hydrogen-bond acceptors (Lipinski definition) is 7. The van der Waals surface area contributed by atoms with Crippen molar-refractivity contribution in [2.75, 3.05) is 5.75 Å². The minimum absolute atomic E-state index is 0.0460. The summed E-state index contributed by atoms with van der Waals surface area (Å²) in [5, 5.41) is 16.7. The molecule has 0 fully saturated rings. The number of nitrogens with one attached hydrogen (secondary N) is 1. The van der Waals surface area contributed by atoms with Crippen molar-refractivity contribution in [3.63, 3.8) is 0 Å². The zero-order valence-corrected chi connectivity index (χ0v) is 18.4. The second kappa shape index (κ2) is 10.0. The third-order valence-electron chi connectivity index (χ3n) is 4.35. The molecule has 2 aromatic heterocycles. The highest BCUT2D eigenvalue weighted by atomic mass is 32.2. The van der Waals surface area contributed by atoms with E-state index in [9.17, 15) is 18.0 Å². The van der Waals surface area contributed by atoms with Crippen molar-refractivity contribution >= 4 is 29.0 Å². The lowest BCUT2D eigenvalue weighted by Crippen LogP contribution is -2.30. The zero-order chi connectivity index (χ0) is 23.3. The first-order valence-corrected chi connectivity index (χ1v) is 11.4. The number of tetrazole rings is 1. The Morgan fingerprint density at radius 2 is 1.85 bits per heavy atom. The molecule has 4 aromatic rings. The maximum Gasteiger partial charge on any atom is 0.573 e. The Bertz CT molecular complexity index is 1180. The molecule has 2 aromatic carbocycles. The third kappa shape index (κ3) is 6.11. The average molecular weight is 492 g/mol. The van der Waals surface area contributed by atoms with Gasteiger partial charge >= 0.3 is 6.36 Å². The van der Waals surface area contributed by atoms with Gasteiger partial charge in [-0.05, 0) is 51.7 Å². The summed E-state index contributed by atoms with van der Waals surface area (Å²) in [7, 11) is 0. The van der Waals surface area contributed by atoms with Gasteiger partial charge in [0.25, 0.3) is 0 Å². The first kappa shape index (κ1) is 22.8. The Morgan fingerprint density at radius 3 is 2.52 bits per heavy atom. The van der Waals surface area contributed by atoms with Crippen LogP contribution in [0.5, 0.6) is 5.75 Å². The van der Waals surface area contributed by atoms with E-state index < -0.39 is 6.36 Å². The molecule has 0 saturated carbocycles. The Hall–Kier alpha value is -3.38. The van der Waals surface area contributed by atoms with Gasteiger partial charge in [0.1, 0.15) is 5.75 Å². The molecule has 4 rings (SSSR count). The van der Waals surface area contributed by atoms with Gasteiger partial charge in [-0.1, -0.05) is 48.2 Å². The van der Waals surface area contributed by atoms with Crippen LogP contribution in [0.4, 0.5) is 13.2 Å². The molecular weight excluding hydrogens is 475 g/mol. The van der Waals surface area contributed by atoms with Crippen LogP contribution in [0.15, 0.2) is 77.3 Å². The SMILES string of the molecule is O=C(CSc1nnnn1-c1ccc(OC(F)(F)F)cc1)NC(c1ccccc1)c1cccs1. The summed E-state index contributed by atoms with van der Waals surface area (Å²) in [5.41, 5.74) is 1.39. The number of benzene rings is 2. The highest BCUT2D eigenvalue weighted by Crippen LogP contribution is 2.27. The minimum atomic E-state index is -4.77. The Kier molecular flexibility index (Phi) is 6.94. The Morgan fingerprint density at radius 1 is 1.09 bits per heavy atom. The lowest BCUT2D eigenvalue weighted by molar-refractivity contribution is -0.274. The van der Waals surface area contributed by atoms with Gasteiger partial charge in [-0.2, -0.15) is 4.68 Å². The quantitative estimate of drug-likeness (QED) is 0.362. The van der Waals surface area contributed by atoms with Crippen LogP contribution in [0.1, 0.15) is 16.5 Å². The largest absolute Gasteiger partial charge is 0.573 e. The van der Waals surface area contributed by atoms with Gasteiger partial charge in [-0.15, -0.1) is 29.6 Å². The molecule has 33 heavy (non-hydrogen) atoms. The van der Waals surface area contributed by atoms with Crippen LogP contribution in [0.2, 0.25) is 0 Å². The molecule has 1 amide bonds. The van der Waals surface area contributed by atoms with E-state index in [2.05, 4.69) is 25.6 Å². The van der Waals surface area contributed by atoms with Gasteiger partial charge in [-0.25, -0.2) is 0 Å². The van der Waals surface area contributed by atoms with Crippen LogP contribution in [-0.4, -0.2) is 38.2 Å². The van der Waals surface area contributed by atoms with E-state index in [-0.39, 0.29) is 23.5 Å². The molecule has 1 atom stereocenters. The second-order valence-electron chi connectivity index (χ2n) is 6.63. The van der Waals surface area contributed by atoms with Crippen molar-refractivity contribution in [2.45, 2.75) is 17.6 Å².